The largest absolute Gasteiger partial charge is 0.303 e. The third kappa shape index (κ3) is 6.53. The van der Waals surface area contributed by atoms with Crippen molar-refractivity contribution in [3.05, 3.63) is 34.3 Å². The molecule has 0 radical (unpaired) electrons. The molecule has 0 unspecified atom stereocenters. The highest BCUT2D eigenvalue weighted by molar-refractivity contribution is 9.10. The van der Waals surface area contributed by atoms with Gasteiger partial charge in [-0.2, -0.15) is 0 Å². The van der Waals surface area contributed by atoms with Gasteiger partial charge < -0.3 is 4.90 Å². The van der Waals surface area contributed by atoms with Gasteiger partial charge in [0.1, 0.15) is 5.78 Å². The standard InChI is InChI=1S/C23H32BrNO2/c24-21-8-3-7-20(17-21)23(27)11-10-18-12-15-25(16-13-18)14-4-9-22(26)19-5-1-2-6-19/h3,7-8,17-19H,1-2,4-6,9-16H2. The molecule has 0 aromatic heterocycles. The highest BCUT2D eigenvalue weighted by atomic mass is 79.9. The zero-order valence-corrected chi connectivity index (χ0v) is 17.9. The van der Waals surface area contributed by atoms with Crippen molar-refractivity contribution in [2.45, 2.75) is 64.2 Å². The van der Waals surface area contributed by atoms with Crippen molar-refractivity contribution in [2.75, 3.05) is 19.6 Å². The number of hydrogen-bond acceptors (Lipinski definition) is 3. The monoisotopic (exact) mass is 433 g/mol. The summed E-state index contributed by atoms with van der Waals surface area (Å²) in [7, 11) is 0. The van der Waals surface area contributed by atoms with Crippen molar-refractivity contribution >= 4 is 27.5 Å². The molecule has 1 aliphatic carbocycles. The summed E-state index contributed by atoms with van der Waals surface area (Å²) in [6.07, 6.45) is 10.5. The number of carbonyl (C=O) groups is 2. The number of ketones is 2. The second-order valence-electron chi connectivity index (χ2n) is 8.31. The Morgan fingerprint density at radius 1 is 1.04 bits per heavy atom. The van der Waals surface area contributed by atoms with Crippen molar-refractivity contribution in [1.29, 1.82) is 0 Å². The fraction of sp³-hybridized carbons (Fsp3) is 0.652. The fourth-order valence-electron chi connectivity index (χ4n) is 4.57. The van der Waals surface area contributed by atoms with Gasteiger partial charge in [0.05, 0.1) is 0 Å². The lowest BCUT2D eigenvalue weighted by Gasteiger charge is -2.31. The van der Waals surface area contributed by atoms with Crippen LogP contribution >= 0.6 is 15.9 Å². The van der Waals surface area contributed by atoms with E-state index in [9.17, 15) is 9.59 Å². The molecule has 0 bridgehead atoms. The lowest BCUT2D eigenvalue weighted by Crippen LogP contribution is -2.34. The third-order valence-corrected chi connectivity index (χ3v) is 6.83. The minimum atomic E-state index is 0.254. The summed E-state index contributed by atoms with van der Waals surface area (Å²) in [5, 5.41) is 0. The predicted octanol–water partition coefficient (Wildman–Crippen LogP) is 5.66. The number of rotatable bonds is 9. The van der Waals surface area contributed by atoms with Gasteiger partial charge in [0.25, 0.3) is 0 Å². The maximum Gasteiger partial charge on any atom is 0.162 e. The van der Waals surface area contributed by atoms with Crippen LogP contribution in [-0.2, 0) is 4.79 Å². The van der Waals surface area contributed by atoms with Gasteiger partial charge >= 0.3 is 0 Å². The molecule has 27 heavy (non-hydrogen) atoms. The molecule has 0 amide bonds. The Kier molecular flexibility index (Phi) is 8.07. The maximum absolute atomic E-state index is 12.4. The molecule has 1 aliphatic heterocycles. The van der Waals surface area contributed by atoms with Crippen LogP contribution in [0.15, 0.2) is 28.7 Å². The number of carbonyl (C=O) groups excluding carboxylic acids is 2. The van der Waals surface area contributed by atoms with Crippen LogP contribution in [0.3, 0.4) is 0 Å². The minimum Gasteiger partial charge on any atom is -0.303 e. The van der Waals surface area contributed by atoms with Gasteiger partial charge in [-0.1, -0.05) is 40.9 Å². The molecule has 1 saturated heterocycles. The van der Waals surface area contributed by atoms with Crippen molar-refractivity contribution in [2.24, 2.45) is 11.8 Å². The first-order valence-corrected chi connectivity index (χ1v) is 11.4. The van der Waals surface area contributed by atoms with E-state index < -0.39 is 0 Å². The van der Waals surface area contributed by atoms with E-state index in [-0.39, 0.29) is 5.78 Å². The molecule has 1 saturated carbocycles. The van der Waals surface area contributed by atoms with Crippen LogP contribution in [0, 0.1) is 11.8 Å². The zero-order chi connectivity index (χ0) is 19.1. The predicted molar refractivity (Wildman–Crippen MR) is 113 cm³/mol. The normalized spacial score (nSPS) is 19.4. The maximum atomic E-state index is 12.4. The summed E-state index contributed by atoms with van der Waals surface area (Å²) in [5.74, 6) is 1.80. The van der Waals surface area contributed by atoms with Crippen molar-refractivity contribution in [3.63, 3.8) is 0 Å². The molecule has 1 heterocycles. The van der Waals surface area contributed by atoms with Crippen molar-refractivity contribution in [3.8, 4) is 0 Å². The molecular weight excluding hydrogens is 402 g/mol. The number of piperidine rings is 1. The highest BCUT2D eigenvalue weighted by Crippen LogP contribution is 2.27. The van der Waals surface area contributed by atoms with E-state index in [0.29, 0.717) is 24.0 Å². The van der Waals surface area contributed by atoms with Crippen LogP contribution in [0.4, 0.5) is 0 Å². The smallest absolute Gasteiger partial charge is 0.162 e. The summed E-state index contributed by atoms with van der Waals surface area (Å²) in [5.41, 5.74) is 0.814. The Bertz CT molecular complexity index is 631. The SMILES string of the molecule is O=C(CCC1CCN(CCCC(=O)C2CCCC2)CC1)c1cccc(Br)c1. The van der Waals surface area contributed by atoms with Gasteiger partial charge in [-0.25, -0.2) is 0 Å². The van der Waals surface area contributed by atoms with Crippen LogP contribution in [0.2, 0.25) is 0 Å². The van der Waals surface area contributed by atoms with E-state index in [2.05, 4.69) is 20.8 Å². The first-order chi connectivity index (χ1) is 13.1. The minimum absolute atomic E-state index is 0.254. The van der Waals surface area contributed by atoms with E-state index in [1.807, 2.05) is 24.3 Å². The molecular formula is C23H32BrNO2. The average Bonchev–Trinajstić information content (AvgIpc) is 3.22. The quantitative estimate of drug-likeness (QED) is 0.471. The van der Waals surface area contributed by atoms with Crippen LogP contribution < -0.4 is 0 Å². The molecule has 3 nitrogen and oxygen atoms in total. The van der Waals surface area contributed by atoms with Gasteiger partial charge in [-0.15, -0.1) is 0 Å². The van der Waals surface area contributed by atoms with Gasteiger partial charge in [0, 0.05) is 28.8 Å². The molecule has 0 atom stereocenters. The topological polar surface area (TPSA) is 37.4 Å². The van der Waals surface area contributed by atoms with Crippen LogP contribution in [0.1, 0.15) is 74.6 Å². The van der Waals surface area contributed by atoms with Crippen molar-refractivity contribution in [1.82, 2.24) is 4.90 Å². The van der Waals surface area contributed by atoms with Gasteiger partial charge in [-0.05, 0) is 76.2 Å². The summed E-state index contributed by atoms with van der Waals surface area (Å²) in [4.78, 5) is 27.0. The molecule has 2 aliphatic rings. The van der Waals surface area contributed by atoms with E-state index in [1.165, 1.54) is 25.7 Å². The summed E-state index contributed by atoms with van der Waals surface area (Å²) in [6, 6.07) is 7.70. The van der Waals surface area contributed by atoms with Crippen LogP contribution in [0.25, 0.3) is 0 Å². The number of hydrogen-bond donors (Lipinski definition) is 0. The lowest BCUT2D eigenvalue weighted by atomic mass is 9.90. The summed E-state index contributed by atoms with van der Waals surface area (Å²) >= 11 is 3.43. The molecule has 0 spiro atoms. The molecule has 3 rings (SSSR count). The molecule has 0 N–H and O–H groups in total. The van der Waals surface area contributed by atoms with E-state index >= 15 is 0 Å². The van der Waals surface area contributed by atoms with E-state index in [4.69, 9.17) is 0 Å². The zero-order valence-electron chi connectivity index (χ0n) is 16.3. The summed E-state index contributed by atoms with van der Waals surface area (Å²) < 4.78 is 0.966. The Morgan fingerprint density at radius 3 is 2.48 bits per heavy atom. The van der Waals surface area contributed by atoms with Crippen LogP contribution in [-0.4, -0.2) is 36.1 Å². The first kappa shape index (κ1) is 20.7. The Hall–Kier alpha value is -1.000. The molecule has 1 aromatic rings. The third-order valence-electron chi connectivity index (χ3n) is 6.34. The highest BCUT2D eigenvalue weighted by Gasteiger charge is 2.23. The average molecular weight is 434 g/mol. The second kappa shape index (κ2) is 10.5. The van der Waals surface area contributed by atoms with E-state index in [0.717, 1.165) is 61.8 Å². The number of likely N-dealkylation sites (tertiary alicyclic amines) is 1. The molecule has 1 aromatic carbocycles. The lowest BCUT2D eigenvalue weighted by molar-refractivity contribution is -0.122. The van der Waals surface area contributed by atoms with Gasteiger partial charge in [0.2, 0.25) is 0 Å². The van der Waals surface area contributed by atoms with Gasteiger partial charge in [0.15, 0.2) is 5.78 Å². The Morgan fingerprint density at radius 2 is 1.78 bits per heavy atom. The summed E-state index contributed by atoms with van der Waals surface area (Å²) in [6.45, 7) is 3.29. The first-order valence-electron chi connectivity index (χ1n) is 10.7. The Labute approximate surface area is 172 Å². The second-order valence-corrected chi connectivity index (χ2v) is 9.22. The van der Waals surface area contributed by atoms with E-state index in [1.54, 1.807) is 0 Å². The molecule has 4 heteroatoms. The van der Waals surface area contributed by atoms with Crippen molar-refractivity contribution < 1.29 is 9.59 Å². The number of halogens is 1. The Balaban J connectivity index is 1.29. The fourth-order valence-corrected chi connectivity index (χ4v) is 4.97. The van der Waals surface area contributed by atoms with Gasteiger partial charge in [-0.3, -0.25) is 9.59 Å². The van der Waals surface area contributed by atoms with Crippen LogP contribution in [0.5, 0.6) is 0 Å². The number of Topliss-reactive ketones (excluding diaryl/α,β-unsaturated/α-hetero) is 2. The molecule has 2 fully saturated rings. The number of nitrogens with zero attached hydrogens (tertiary/aromatic N) is 1. The molecule has 148 valence electrons. The number of benzene rings is 1.